The van der Waals surface area contributed by atoms with Gasteiger partial charge in [-0.3, -0.25) is 4.79 Å². The molecule has 1 spiro atoms. The summed E-state index contributed by atoms with van der Waals surface area (Å²) < 4.78 is 1.64. The Labute approximate surface area is 110 Å². The number of nitrogens with zero attached hydrogens (tertiary/aromatic N) is 4. The summed E-state index contributed by atoms with van der Waals surface area (Å²) in [5.41, 5.74) is 1.97. The maximum absolute atomic E-state index is 12.5. The van der Waals surface area contributed by atoms with Gasteiger partial charge < -0.3 is 4.90 Å². The predicted molar refractivity (Wildman–Crippen MR) is 68.9 cm³/mol. The van der Waals surface area contributed by atoms with Crippen LogP contribution in [0.25, 0.3) is 5.69 Å². The highest BCUT2D eigenvalue weighted by molar-refractivity contribution is 5.98. The van der Waals surface area contributed by atoms with Gasteiger partial charge in [-0.2, -0.15) is 0 Å². The van der Waals surface area contributed by atoms with Crippen molar-refractivity contribution in [2.45, 2.75) is 12.8 Å². The second-order valence-corrected chi connectivity index (χ2v) is 5.53. The minimum absolute atomic E-state index is 0.101. The van der Waals surface area contributed by atoms with Crippen LogP contribution in [0.3, 0.4) is 0 Å². The van der Waals surface area contributed by atoms with Crippen LogP contribution in [-0.2, 0) is 0 Å². The normalized spacial score (nSPS) is 19.3. The SMILES string of the molecule is O=C(c1ccccc1-n1ccnn1)N1CC2(CC2)C1. The van der Waals surface area contributed by atoms with Gasteiger partial charge in [0.2, 0.25) is 0 Å². The molecule has 1 saturated heterocycles. The van der Waals surface area contributed by atoms with Crippen LogP contribution in [0.5, 0.6) is 0 Å². The Hall–Kier alpha value is -2.17. The summed E-state index contributed by atoms with van der Waals surface area (Å²) >= 11 is 0. The van der Waals surface area contributed by atoms with Gasteiger partial charge in [0.1, 0.15) is 0 Å². The zero-order valence-electron chi connectivity index (χ0n) is 10.5. The third-order valence-electron chi connectivity index (χ3n) is 4.10. The highest BCUT2D eigenvalue weighted by Gasteiger charge is 2.53. The summed E-state index contributed by atoms with van der Waals surface area (Å²) in [4.78, 5) is 14.5. The molecule has 96 valence electrons. The van der Waals surface area contributed by atoms with E-state index >= 15 is 0 Å². The van der Waals surface area contributed by atoms with Crippen LogP contribution >= 0.6 is 0 Å². The van der Waals surface area contributed by atoms with Gasteiger partial charge in [0.25, 0.3) is 5.91 Å². The highest BCUT2D eigenvalue weighted by atomic mass is 16.2. The Morgan fingerprint density at radius 2 is 2.00 bits per heavy atom. The van der Waals surface area contributed by atoms with Crippen molar-refractivity contribution < 1.29 is 4.79 Å². The molecule has 1 aliphatic heterocycles. The van der Waals surface area contributed by atoms with Gasteiger partial charge in [-0.1, -0.05) is 17.3 Å². The monoisotopic (exact) mass is 254 g/mol. The van der Waals surface area contributed by atoms with Crippen molar-refractivity contribution in [3.8, 4) is 5.69 Å². The lowest BCUT2D eigenvalue weighted by Crippen LogP contribution is -2.51. The van der Waals surface area contributed by atoms with E-state index in [1.807, 2.05) is 29.2 Å². The molecule has 0 atom stereocenters. The Morgan fingerprint density at radius 3 is 2.68 bits per heavy atom. The molecule has 0 bridgehead atoms. The van der Waals surface area contributed by atoms with E-state index < -0.39 is 0 Å². The molecule has 5 heteroatoms. The number of benzene rings is 1. The van der Waals surface area contributed by atoms with E-state index in [1.165, 1.54) is 12.8 Å². The zero-order valence-corrected chi connectivity index (χ0v) is 10.5. The number of hydrogen-bond donors (Lipinski definition) is 0. The van der Waals surface area contributed by atoms with Crippen molar-refractivity contribution in [2.24, 2.45) is 5.41 Å². The number of hydrogen-bond acceptors (Lipinski definition) is 3. The lowest BCUT2D eigenvalue weighted by molar-refractivity contribution is 0.0443. The van der Waals surface area contributed by atoms with Crippen LogP contribution < -0.4 is 0 Å². The van der Waals surface area contributed by atoms with Crippen LogP contribution in [-0.4, -0.2) is 38.9 Å². The summed E-state index contributed by atoms with van der Waals surface area (Å²) in [5, 5.41) is 7.77. The van der Waals surface area contributed by atoms with Gasteiger partial charge in [0.15, 0.2) is 0 Å². The fourth-order valence-electron chi connectivity index (χ4n) is 2.76. The van der Waals surface area contributed by atoms with Crippen LogP contribution in [0.2, 0.25) is 0 Å². The quantitative estimate of drug-likeness (QED) is 0.816. The molecule has 1 aliphatic carbocycles. The van der Waals surface area contributed by atoms with Gasteiger partial charge in [0, 0.05) is 18.5 Å². The molecule has 1 saturated carbocycles. The molecule has 4 rings (SSSR count). The number of rotatable bonds is 2. The number of carbonyl (C=O) groups excluding carboxylic acids is 1. The van der Waals surface area contributed by atoms with Crippen LogP contribution in [0, 0.1) is 5.41 Å². The van der Waals surface area contributed by atoms with E-state index in [0.717, 1.165) is 18.8 Å². The summed E-state index contributed by atoms with van der Waals surface area (Å²) in [5.74, 6) is 0.101. The van der Waals surface area contributed by atoms with Crippen molar-refractivity contribution in [1.29, 1.82) is 0 Å². The van der Waals surface area contributed by atoms with Crippen molar-refractivity contribution in [1.82, 2.24) is 19.9 Å². The second-order valence-electron chi connectivity index (χ2n) is 5.53. The second kappa shape index (κ2) is 3.66. The minimum Gasteiger partial charge on any atom is -0.337 e. The first-order valence-corrected chi connectivity index (χ1v) is 6.53. The molecule has 1 aromatic heterocycles. The van der Waals surface area contributed by atoms with E-state index in [-0.39, 0.29) is 5.91 Å². The average molecular weight is 254 g/mol. The van der Waals surface area contributed by atoms with Gasteiger partial charge in [-0.25, -0.2) is 4.68 Å². The van der Waals surface area contributed by atoms with Gasteiger partial charge in [-0.15, -0.1) is 5.10 Å². The Kier molecular flexibility index (Phi) is 2.07. The van der Waals surface area contributed by atoms with E-state index in [9.17, 15) is 4.79 Å². The standard InChI is InChI=1S/C14H14N4O/c19-13(17-9-14(10-17)5-6-14)11-3-1-2-4-12(11)18-8-7-15-16-18/h1-4,7-8H,5-6,9-10H2. The van der Waals surface area contributed by atoms with E-state index in [2.05, 4.69) is 10.3 Å². The van der Waals surface area contributed by atoms with Gasteiger partial charge >= 0.3 is 0 Å². The van der Waals surface area contributed by atoms with Crippen LogP contribution in [0.4, 0.5) is 0 Å². The molecule has 2 aliphatic rings. The number of amides is 1. The molecule has 19 heavy (non-hydrogen) atoms. The fourth-order valence-corrected chi connectivity index (χ4v) is 2.76. The van der Waals surface area contributed by atoms with Crippen LogP contribution in [0.15, 0.2) is 36.7 Å². The molecule has 2 heterocycles. The minimum atomic E-state index is 0.101. The van der Waals surface area contributed by atoms with Crippen molar-refractivity contribution in [3.05, 3.63) is 42.2 Å². The van der Waals surface area contributed by atoms with E-state index in [4.69, 9.17) is 0 Å². The van der Waals surface area contributed by atoms with Crippen molar-refractivity contribution in [2.75, 3.05) is 13.1 Å². The lowest BCUT2D eigenvalue weighted by Gasteiger charge is -2.40. The van der Waals surface area contributed by atoms with Gasteiger partial charge in [-0.05, 0) is 25.0 Å². The Balaban J connectivity index is 1.65. The van der Waals surface area contributed by atoms with E-state index in [1.54, 1.807) is 17.1 Å². The first kappa shape index (κ1) is 10.7. The molecule has 1 aromatic carbocycles. The summed E-state index contributed by atoms with van der Waals surface area (Å²) in [6.07, 6.45) is 5.93. The smallest absolute Gasteiger partial charge is 0.256 e. The lowest BCUT2D eigenvalue weighted by atomic mass is 9.95. The first-order valence-electron chi connectivity index (χ1n) is 6.53. The van der Waals surface area contributed by atoms with E-state index in [0.29, 0.717) is 11.0 Å². The largest absolute Gasteiger partial charge is 0.337 e. The number of likely N-dealkylation sites (tertiary alicyclic amines) is 1. The fraction of sp³-hybridized carbons (Fsp3) is 0.357. The zero-order chi connectivity index (χ0) is 12.9. The molecule has 5 nitrogen and oxygen atoms in total. The molecular formula is C14H14N4O. The Morgan fingerprint density at radius 1 is 1.21 bits per heavy atom. The molecular weight excluding hydrogens is 240 g/mol. The molecule has 0 radical (unpaired) electrons. The number of carbonyl (C=O) groups is 1. The summed E-state index contributed by atoms with van der Waals surface area (Å²) in [7, 11) is 0. The molecule has 1 amide bonds. The third-order valence-corrected chi connectivity index (χ3v) is 4.10. The third kappa shape index (κ3) is 1.65. The summed E-state index contributed by atoms with van der Waals surface area (Å²) in [6, 6.07) is 7.55. The van der Waals surface area contributed by atoms with Gasteiger partial charge in [0.05, 0.1) is 23.6 Å². The maximum atomic E-state index is 12.5. The first-order chi connectivity index (χ1) is 9.27. The predicted octanol–water partition coefficient (Wildman–Crippen LogP) is 1.50. The molecule has 2 aromatic rings. The topological polar surface area (TPSA) is 51.0 Å². The molecule has 0 unspecified atom stereocenters. The summed E-state index contributed by atoms with van der Waals surface area (Å²) in [6.45, 7) is 1.83. The average Bonchev–Trinajstić information content (AvgIpc) is 3.03. The van der Waals surface area contributed by atoms with Crippen molar-refractivity contribution >= 4 is 5.91 Å². The highest BCUT2D eigenvalue weighted by Crippen LogP contribution is 2.53. The van der Waals surface area contributed by atoms with Crippen LogP contribution in [0.1, 0.15) is 23.2 Å². The number of para-hydroxylation sites is 1. The van der Waals surface area contributed by atoms with Crippen molar-refractivity contribution in [3.63, 3.8) is 0 Å². The maximum Gasteiger partial charge on any atom is 0.256 e. The molecule has 2 fully saturated rings. The number of aromatic nitrogens is 3. The Bertz CT molecular complexity index is 623. The molecule has 0 N–H and O–H groups in total.